The highest BCUT2D eigenvalue weighted by atomic mass is 32.2. The van der Waals surface area contributed by atoms with Crippen LogP contribution in [-0.2, 0) is 16.0 Å². The lowest BCUT2D eigenvalue weighted by atomic mass is 10.1. The normalized spacial score (nSPS) is 19.1. The molecule has 2 aromatic rings. The van der Waals surface area contributed by atoms with Crippen molar-refractivity contribution >= 4 is 29.3 Å². The lowest BCUT2D eigenvalue weighted by molar-refractivity contribution is -0.126. The zero-order chi connectivity index (χ0) is 19.4. The van der Waals surface area contributed by atoms with E-state index in [9.17, 15) is 14.0 Å². The average molecular weight is 383 g/mol. The number of nitriles is 1. The molecule has 2 N–H and O–H groups in total. The van der Waals surface area contributed by atoms with E-state index in [0.717, 1.165) is 5.56 Å². The molecule has 0 bridgehead atoms. The Morgan fingerprint density at radius 1 is 1.37 bits per heavy atom. The molecule has 2 aromatic carbocycles. The van der Waals surface area contributed by atoms with Crippen molar-refractivity contribution < 1.29 is 14.0 Å². The zero-order valence-corrected chi connectivity index (χ0v) is 15.5. The van der Waals surface area contributed by atoms with Crippen molar-refractivity contribution in [1.82, 2.24) is 5.32 Å². The van der Waals surface area contributed by atoms with Crippen LogP contribution in [0.1, 0.15) is 16.7 Å². The van der Waals surface area contributed by atoms with E-state index in [1.807, 2.05) is 13.0 Å². The summed E-state index contributed by atoms with van der Waals surface area (Å²) in [7, 11) is 0. The van der Waals surface area contributed by atoms with Gasteiger partial charge in [-0.15, -0.1) is 11.8 Å². The van der Waals surface area contributed by atoms with E-state index in [1.165, 1.54) is 17.8 Å². The SMILES string of the molecule is Cc1ccc(C#N)cc1NC(=O)C1CSC(Cc2ccccc2F)C(=O)N1. The maximum absolute atomic E-state index is 13.8. The number of halogens is 1. The molecule has 0 radical (unpaired) electrons. The molecule has 0 aromatic heterocycles. The first-order chi connectivity index (χ1) is 13.0. The Balaban J connectivity index is 1.62. The maximum Gasteiger partial charge on any atom is 0.247 e. The number of nitrogens with zero attached hydrogens (tertiary/aromatic N) is 1. The molecule has 1 heterocycles. The summed E-state index contributed by atoms with van der Waals surface area (Å²) in [6.07, 6.45) is 0.279. The Bertz CT molecular complexity index is 926. The van der Waals surface area contributed by atoms with Gasteiger partial charge in [0.1, 0.15) is 11.9 Å². The Morgan fingerprint density at radius 2 is 2.15 bits per heavy atom. The van der Waals surface area contributed by atoms with Crippen molar-refractivity contribution in [3.63, 3.8) is 0 Å². The quantitative estimate of drug-likeness (QED) is 0.851. The first kappa shape index (κ1) is 18.9. The smallest absolute Gasteiger partial charge is 0.247 e. The lowest BCUT2D eigenvalue weighted by Crippen LogP contribution is -2.52. The van der Waals surface area contributed by atoms with Crippen LogP contribution in [0, 0.1) is 24.1 Å². The van der Waals surface area contributed by atoms with Crippen LogP contribution < -0.4 is 10.6 Å². The van der Waals surface area contributed by atoms with Crippen LogP contribution >= 0.6 is 11.8 Å². The molecule has 1 fully saturated rings. The number of carbonyl (C=O) groups is 2. The van der Waals surface area contributed by atoms with Gasteiger partial charge in [0, 0.05) is 11.4 Å². The second-order valence-electron chi connectivity index (χ2n) is 6.31. The molecule has 1 aliphatic heterocycles. The van der Waals surface area contributed by atoms with E-state index in [4.69, 9.17) is 5.26 Å². The molecule has 0 aliphatic carbocycles. The standard InChI is InChI=1S/C20H18FN3O2S/c1-12-6-7-13(10-22)8-16(12)23-19(25)17-11-27-18(20(26)24-17)9-14-4-2-3-5-15(14)21/h2-8,17-18H,9,11H2,1H3,(H,23,25)(H,24,26). The molecule has 2 amide bonds. The minimum atomic E-state index is -0.676. The minimum Gasteiger partial charge on any atom is -0.343 e. The van der Waals surface area contributed by atoms with Crippen molar-refractivity contribution in [1.29, 1.82) is 5.26 Å². The number of nitrogens with one attached hydrogen (secondary N) is 2. The van der Waals surface area contributed by atoms with Crippen LogP contribution in [0.2, 0.25) is 0 Å². The Hall–Kier alpha value is -2.85. The monoisotopic (exact) mass is 383 g/mol. The van der Waals surface area contributed by atoms with Gasteiger partial charge in [0.05, 0.1) is 16.9 Å². The molecule has 0 spiro atoms. The summed E-state index contributed by atoms with van der Waals surface area (Å²) in [6.45, 7) is 1.83. The lowest BCUT2D eigenvalue weighted by Gasteiger charge is -2.28. The Kier molecular flexibility index (Phi) is 5.77. The molecule has 27 heavy (non-hydrogen) atoms. The van der Waals surface area contributed by atoms with Crippen LogP contribution in [-0.4, -0.2) is 28.9 Å². The van der Waals surface area contributed by atoms with Crippen LogP contribution in [0.15, 0.2) is 42.5 Å². The highest BCUT2D eigenvalue weighted by Gasteiger charge is 2.33. The van der Waals surface area contributed by atoms with Gasteiger partial charge in [-0.25, -0.2) is 4.39 Å². The molecule has 1 saturated heterocycles. The van der Waals surface area contributed by atoms with E-state index in [0.29, 0.717) is 22.6 Å². The summed E-state index contributed by atoms with van der Waals surface area (Å²) >= 11 is 1.34. The fourth-order valence-corrected chi connectivity index (χ4v) is 3.97. The zero-order valence-electron chi connectivity index (χ0n) is 14.7. The van der Waals surface area contributed by atoms with Crippen LogP contribution in [0.3, 0.4) is 0 Å². The third-order valence-corrected chi connectivity index (χ3v) is 5.69. The third kappa shape index (κ3) is 4.47. The van der Waals surface area contributed by atoms with Gasteiger partial charge < -0.3 is 10.6 Å². The average Bonchev–Trinajstić information content (AvgIpc) is 2.66. The number of rotatable bonds is 4. The number of anilines is 1. The number of thioether (sulfide) groups is 1. The number of benzene rings is 2. The van der Waals surface area contributed by atoms with Gasteiger partial charge in [0.25, 0.3) is 0 Å². The van der Waals surface area contributed by atoms with Crippen LogP contribution in [0.5, 0.6) is 0 Å². The van der Waals surface area contributed by atoms with Gasteiger partial charge in [-0.05, 0) is 42.7 Å². The van der Waals surface area contributed by atoms with Crippen molar-refractivity contribution in [2.75, 3.05) is 11.1 Å². The predicted molar refractivity (Wildman–Crippen MR) is 103 cm³/mol. The summed E-state index contributed by atoms with van der Waals surface area (Å²) in [5, 5.41) is 14.0. The minimum absolute atomic E-state index is 0.279. The summed E-state index contributed by atoms with van der Waals surface area (Å²) < 4.78 is 13.8. The van der Waals surface area contributed by atoms with Crippen molar-refractivity contribution in [2.45, 2.75) is 24.6 Å². The fraction of sp³-hybridized carbons (Fsp3) is 0.250. The van der Waals surface area contributed by atoms with Gasteiger partial charge >= 0.3 is 0 Å². The third-order valence-electron chi connectivity index (χ3n) is 4.38. The van der Waals surface area contributed by atoms with E-state index in [-0.39, 0.29) is 24.1 Å². The number of amides is 2. The molecular weight excluding hydrogens is 365 g/mol. The highest BCUT2D eigenvalue weighted by molar-refractivity contribution is 8.00. The molecule has 1 aliphatic rings. The number of hydrogen-bond donors (Lipinski definition) is 2. The van der Waals surface area contributed by atoms with Crippen molar-refractivity contribution in [3.05, 3.63) is 65.0 Å². The molecule has 0 saturated carbocycles. The molecule has 138 valence electrons. The number of carbonyl (C=O) groups excluding carboxylic acids is 2. The number of hydrogen-bond acceptors (Lipinski definition) is 4. The van der Waals surface area contributed by atoms with E-state index in [2.05, 4.69) is 10.6 Å². The Morgan fingerprint density at radius 3 is 2.85 bits per heavy atom. The summed E-state index contributed by atoms with van der Waals surface area (Å²) in [5.74, 6) is -0.553. The first-order valence-corrected chi connectivity index (χ1v) is 9.50. The van der Waals surface area contributed by atoms with Gasteiger partial charge in [0.2, 0.25) is 11.8 Å². The molecule has 2 unspecified atom stereocenters. The van der Waals surface area contributed by atoms with Crippen LogP contribution in [0.25, 0.3) is 0 Å². The second-order valence-corrected chi connectivity index (χ2v) is 7.55. The summed E-state index contributed by atoms with van der Waals surface area (Å²) in [5.41, 5.74) is 2.31. The molecular formula is C20H18FN3O2S. The number of aryl methyl sites for hydroxylation is 1. The second kappa shape index (κ2) is 8.23. The fourth-order valence-electron chi connectivity index (χ4n) is 2.80. The van der Waals surface area contributed by atoms with E-state index >= 15 is 0 Å². The predicted octanol–water partition coefficient (Wildman–Crippen LogP) is 2.79. The molecule has 3 rings (SSSR count). The highest BCUT2D eigenvalue weighted by Crippen LogP contribution is 2.24. The molecule has 7 heteroatoms. The summed E-state index contributed by atoms with van der Waals surface area (Å²) in [4.78, 5) is 24.9. The Labute approximate surface area is 161 Å². The van der Waals surface area contributed by atoms with E-state index < -0.39 is 11.3 Å². The van der Waals surface area contributed by atoms with Crippen molar-refractivity contribution in [2.24, 2.45) is 0 Å². The van der Waals surface area contributed by atoms with Gasteiger partial charge in [-0.3, -0.25) is 9.59 Å². The molecule has 2 atom stereocenters. The van der Waals surface area contributed by atoms with Gasteiger partial charge in [-0.2, -0.15) is 5.26 Å². The van der Waals surface area contributed by atoms with Crippen molar-refractivity contribution in [3.8, 4) is 6.07 Å². The molecule has 5 nitrogen and oxygen atoms in total. The van der Waals surface area contributed by atoms with E-state index in [1.54, 1.807) is 36.4 Å². The largest absolute Gasteiger partial charge is 0.343 e. The topological polar surface area (TPSA) is 82.0 Å². The maximum atomic E-state index is 13.8. The van der Waals surface area contributed by atoms with Crippen LogP contribution in [0.4, 0.5) is 10.1 Å². The first-order valence-electron chi connectivity index (χ1n) is 8.45. The van der Waals surface area contributed by atoms with Gasteiger partial charge in [0.15, 0.2) is 0 Å². The van der Waals surface area contributed by atoms with Gasteiger partial charge in [-0.1, -0.05) is 24.3 Å². The summed E-state index contributed by atoms with van der Waals surface area (Å²) in [6, 6.07) is 12.8.